The van der Waals surface area contributed by atoms with Crippen LogP contribution in [0.5, 0.6) is 0 Å². The first-order valence-corrected chi connectivity index (χ1v) is 5.86. The van der Waals surface area contributed by atoms with E-state index in [0.717, 1.165) is 5.82 Å². The maximum atomic E-state index is 5.69. The molecule has 4 heteroatoms. The van der Waals surface area contributed by atoms with Crippen molar-refractivity contribution in [1.82, 2.24) is 10.1 Å². The van der Waals surface area contributed by atoms with Gasteiger partial charge in [0.15, 0.2) is 5.82 Å². The Hall–Kier alpha value is -0.900. The summed E-state index contributed by atoms with van der Waals surface area (Å²) in [6, 6.07) is -0.156. The van der Waals surface area contributed by atoms with Gasteiger partial charge in [0.2, 0.25) is 5.89 Å². The summed E-state index contributed by atoms with van der Waals surface area (Å²) in [7, 11) is 0. The van der Waals surface area contributed by atoms with Crippen molar-refractivity contribution in [3.8, 4) is 0 Å². The van der Waals surface area contributed by atoms with Crippen molar-refractivity contribution < 1.29 is 4.52 Å². The molecule has 0 spiro atoms. The first kappa shape index (κ1) is 10.6. The maximum absolute atomic E-state index is 5.69. The predicted molar refractivity (Wildman–Crippen MR) is 57.3 cm³/mol. The minimum Gasteiger partial charge on any atom is -0.338 e. The largest absolute Gasteiger partial charge is 0.338 e. The van der Waals surface area contributed by atoms with E-state index < -0.39 is 0 Å². The summed E-state index contributed by atoms with van der Waals surface area (Å²) in [6.45, 7) is 1.87. The van der Waals surface area contributed by atoms with Crippen LogP contribution in [-0.2, 0) is 0 Å². The molecule has 1 aliphatic rings. The van der Waals surface area contributed by atoms with Crippen molar-refractivity contribution in [2.24, 2.45) is 5.73 Å². The van der Waals surface area contributed by atoms with E-state index in [9.17, 15) is 0 Å². The molecule has 1 atom stereocenters. The molecule has 0 aromatic carbocycles. The fourth-order valence-corrected chi connectivity index (χ4v) is 2.14. The molecule has 2 rings (SSSR count). The Morgan fingerprint density at radius 3 is 2.47 bits per heavy atom. The summed E-state index contributed by atoms with van der Waals surface area (Å²) in [5, 5.41) is 4.04. The molecule has 2 N–H and O–H groups in total. The SMILES string of the molecule is C[C@H](N)c1nc(C2CCCCCC2)no1. The molecular formula is C11H19N3O. The Labute approximate surface area is 90.2 Å². The molecule has 0 radical (unpaired) electrons. The fourth-order valence-electron chi connectivity index (χ4n) is 2.14. The normalized spacial score (nSPS) is 21.2. The Balaban J connectivity index is 2.06. The van der Waals surface area contributed by atoms with Crippen molar-refractivity contribution in [2.45, 2.75) is 57.4 Å². The zero-order chi connectivity index (χ0) is 10.7. The van der Waals surface area contributed by atoms with Crippen molar-refractivity contribution in [3.63, 3.8) is 0 Å². The van der Waals surface area contributed by atoms with Crippen LogP contribution in [0.1, 0.15) is 69.1 Å². The van der Waals surface area contributed by atoms with Crippen LogP contribution in [0.3, 0.4) is 0 Å². The molecule has 0 amide bonds. The Morgan fingerprint density at radius 1 is 1.27 bits per heavy atom. The van der Waals surface area contributed by atoms with Crippen LogP contribution in [0, 0.1) is 0 Å². The summed E-state index contributed by atoms with van der Waals surface area (Å²) in [5.74, 6) is 1.92. The molecule has 0 bridgehead atoms. The quantitative estimate of drug-likeness (QED) is 0.760. The highest BCUT2D eigenvalue weighted by Gasteiger charge is 2.20. The third kappa shape index (κ3) is 2.56. The van der Waals surface area contributed by atoms with E-state index in [0.29, 0.717) is 11.8 Å². The minimum absolute atomic E-state index is 0.156. The fraction of sp³-hybridized carbons (Fsp3) is 0.818. The summed E-state index contributed by atoms with van der Waals surface area (Å²) in [4.78, 5) is 4.37. The van der Waals surface area contributed by atoms with Crippen LogP contribution >= 0.6 is 0 Å². The van der Waals surface area contributed by atoms with Gasteiger partial charge in [-0.2, -0.15) is 4.98 Å². The smallest absolute Gasteiger partial charge is 0.243 e. The van der Waals surface area contributed by atoms with Gasteiger partial charge in [0, 0.05) is 5.92 Å². The third-order valence-electron chi connectivity index (χ3n) is 3.07. The van der Waals surface area contributed by atoms with Crippen LogP contribution in [0.4, 0.5) is 0 Å². The topological polar surface area (TPSA) is 64.9 Å². The van der Waals surface area contributed by atoms with E-state index in [1.807, 2.05) is 6.92 Å². The molecule has 1 heterocycles. The molecule has 84 valence electrons. The number of hydrogen-bond donors (Lipinski definition) is 1. The second kappa shape index (κ2) is 4.75. The minimum atomic E-state index is -0.156. The predicted octanol–water partition coefficient (Wildman–Crippen LogP) is 2.53. The van der Waals surface area contributed by atoms with E-state index in [4.69, 9.17) is 10.3 Å². The van der Waals surface area contributed by atoms with Gasteiger partial charge in [-0.15, -0.1) is 0 Å². The van der Waals surface area contributed by atoms with E-state index in [-0.39, 0.29) is 6.04 Å². The zero-order valence-corrected chi connectivity index (χ0v) is 9.28. The number of nitrogens with zero attached hydrogens (tertiary/aromatic N) is 2. The molecule has 4 nitrogen and oxygen atoms in total. The first-order valence-electron chi connectivity index (χ1n) is 5.86. The van der Waals surface area contributed by atoms with E-state index in [1.54, 1.807) is 0 Å². The molecule has 1 aromatic heterocycles. The van der Waals surface area contributed by atoms with Crippen molar-refractivity contribution in [2.75, 3.05) is 0 Å². The molecular weight excluding hydrogens is 190 g/mol. The Morgan fingerprint density at radius 2 is 1.93 bits per heavy atom. The molecule has 1 saturated carbocycles. The summed E-state index contributed by atoms with van der Waals surface area (Å²) >= 11 is 0. The highest BCUT2D eigenvalue weighted by atomic mass is 16.5. The standard InChI is InChI=1S/C11H19N3O/c1-8(12)11-13-10(14-15-11)9-6-4-2-3-5-7-9/h8-9H,2-7,12H2,1H3/t8-/m0/s1. The molecule has 15 heavy (non-hydrogen) atoms. The van der Waals surface area contributed by atoms with Gasteiger partial charge in [0.25, 0.3) is 0 Å². The van der Waals surface area contributed by atoms with Gasteiger partial charge >= 0.3 is 0 Å². The number of nitrogens with two attached hydrogens (primary N) is 1. The van der Waals surface area contributed by atoms with Crippen LogP contribution in [0.25, 0.3) is 0 Å². The van der Waals surface area contributed by atoms with Gasteiger partial charge in [-0.05, 0) is 19.8 Å². The molecule has 0 saturated heterocycles. The molecule has 0 aliphatic heterocycles. The Bertz CT molecular complexity index is 301. The molecule has 1 fully saturated rings. The lowest BCUT2D eigenvalue weighted by atomic mass is 10.00. The molecule has 1 aliphatic carbocycles. The second-order valence-corrected chi connectivity index (χ2v) is 4.47. The van der Waals surface area contributed by atoms with Gasteiger partial charge in [-0.25, -0.2) is 0 Å². The average Bonchev–Trinajstić information content (AvgIpc) is 2.55. The summed E-state index contributed by atoms with van der Waals surface area (Å²) in [6.07, 6.45) is 7.64. The summed E-state index contributed by atoms with van der Waals surface area (Å²) < 4.78 is 5.13. The van der Waals surface area contributed by atoms with Crippen LogP contribution < -0.4 is 5.73 Å². The first-order chi connectivity index (χ1) is 7.27. The van der Waals surface area contributed by atoms with Gasteiger partial charge in [-0.3, -0.25) is 0 Å². The maximum Gasteiger partial charge on any atom is 0.243 e. The van der Waals surface area contributed by atoms with E-state index in [1.165, 1.54) is 38.5 Å². The van der Waals surface area contributed by atoms with Crippen molar-refractivity contribution in [1.29, 1.82) is 0 Å². The second-order valence-electron chi connectivity index (χ2n) is 4.47. The third-order valence-corrected chi connectivity index (χ3v) is 3.07. The molecule has 0 unspecified atom stereocenters. The Kier molecular flexibility index (Phi) is 3.36. The zero-order valence-electron chi connectivity index (χ0n) is 9.28. The van der Waals surface area contributed by atoms with Crippen LogP contribution in [0.15, 0.2) is 4.52 Å². The lowest BCUT2D eigenvalue weighted by Crippen LogP contribution is -2.06. The van der Waals surface area contributed by atoms with Gasteiger partial charge in [-0.1, -0.05) is 30.8 Å². The number of rotatable bonds is 2. The van der Waals surface area contributed by atoms with Crippen molar-refractivity contribution >= 4 is 0 Å². The van der Waals surface area contributed by atoms with E-state index >= 15 is 0 Å². The molecule has 1 aromatic rings. The highest BCUT2D eigenvalue weighted by molar-refractivity contribution is 4.97. The van der Waals surface area contributed by atoms with Crippen molar-refractivity contribution in [3.05, 3.63) is 11.7 Å². The average molecular weight is 209 g/mol. The van der Waals surface area contributed by atoms with Gasteiger partial charge in [0.05, 0.1) is 6.04 Å². The number of hydrogen-bond acceptors (Lipinski definition) is 4. The lowest BCUT2D eigenvalue weighted by molar-refractivity contribution is 0.352. The van der Waals surface area contributed by atoms with Gasteiger partial charge in [0.1, 0.15) is 0 Å². The lowest BCUT2D eigenvalue weighted by Gasteiger charge is -2.07. The monoisotopic (exact) mass is 209 g/mol. The summed E-state index contributed by atoms with van der Waals surface area (Å²) in [5.41, 5.74) is 5.69. The van der Waals surface area contributed by atoms with Crippen LogP contribution in [0.2, 0.25) is 0 Å². The highest BCUT2D eigenvalue weighted by Crippen LogP contribution is 2.30. The van der Waals surface area contributed by atoms with E-state index in [2.05, 4.69) is 10.1 Å². The van der Waals surface area contributed by atoms with Crippen LogP contribution in [-0.4, -0.2) is 10.1 Å². The van der Waals surface area contributed by atoms with Gasteiger partial charge < -0.3 is 10.3 Å². The number of aromatic nitrogens is 2.